The molecule has 5 nitrogen and oxygen atoms in total. The van der Waals surface area contributed by atoms with Gasteiger partial charge in [0.05, 0.1) is 6.42 Å². The van der Waals surface area contributed by atoms with E-state index in [1.807, 2.05) is 13.8 Å². The summed E-state index contributed by atoms with van der Waals surface area (Å²) < 4.78 is 5.06. The lowest BCUT2D eigenvalue weighted by atomic mass is 10.0. The molecule has 94 valence electrons. The van der Waals surface area contributed by atoms with Gasteiger partial charge in [-0.1, -0.05) is 13.8 Å². The molecule has 0 aliphatic heterocycles. The highest BCUT2D eigenvalue weighted by atomic mass is 16.6. The number of carboxylic acid groups (broad SMARTS) is 1. The molecule has 1 unspecified atom stereocenters. The molecular formula is C11H21NO4. The van der Waals surface area contributed by atoms with E-state index in [2.05, 4.69) is 5.32 Å². The van der Waals surface area contributed by atoms with Crippen LogP contribution in [0.4, 0.5) is 4.79 Å². The van der Waals surface area contributed by atoms with Crippen LogP contribution in [0.1, 0.15) is 41.0 Å². The van der Waals surface area contributed by atoms with Gasteiger partial charge < -0.3 is 15.2 Å². The summed E-state index contributed by atoms with van der Waals surface area (Å²) in [7, 11) is 0. The average molecular weight is 231 g/mol. The van der Waals surface area contributed by atoms with E-state index >= 15 is 0 Å². The number of aliphatic carboxylic acids is 1. The SMILES string of the molecule is CC(C)C(CC(=O)O)NC(=O)OC(C)(C)C. The second-order valence-electron chi connectivity index (χ2n) is 5.09. The minimum absolute atomic E-state index is 0.0450. The van der Waals surface area contributed by atoms with Crippen LogP contribution in [-0.2, 0) is 9.53 Å². The van der Waals surface area contributed by atoms with Crippen LogP contribution in [0.15, 0.2) is 0 Å². The number of alkyl carbamates (subject to hydrolysis) is 1. The van der Waals surface area contributed by atoms with Crippen molar-refractivity contribution in [2.45, 2.75) is 52.7 Å². The highest BCUT2D eigenvalue weighted by Gasteiger charge is 2.23. The Kier molecular flexibility index (Phi) is 5.27. The van der Waals surface area contributed by atoms with Gasteiger partial charge in [0.2, 0.25) is 0 Å². The van der Waals surface area contributed by atoms with Crippen LogP contribution in [0.2, 0.25) is 0 Å². The van der Waals surface area contributed by atoms with E-state index in [9.17, 15) is 9.59 Å². The summed E-state index contributed by atoms with van der Waals surface area (Å²) in [5, 5.41) is 11.2. The minimum atomic E-state index is -0.935. The molecule has 1 amide bonds. The lowest BCUT2D eigenvalue weighted by molar-refractivity contribution is -0.137. The van der Waals surface area contributed by atoms with Gasteiger partial charge >= 0.3 is 12.1 Å². The normalized spacial score (nSPS) is 13.4. The molecule has 0 saturated carbocycles. The largest absolute Gasteiger partial charge is 0.481 e. The first-order valence-electron chi connectivity index (χ1n) is 5.33. The summed E-state index contributed by atoms with van der Waals surface area (Å²) in [5.41, 5.74) is -0.575. The number of carbonyl (C=O) groups excluding carboxylic acids is 1. The molecule has 0 rings (SSSR count). The van der Waals surface area contributed by atoms with Crippen LogP contribution in [0.25, 0.3) is 0 Å². The summed E-state index contributed by atoms with van der Waals surface area (Å²) in [6.07, 6.45) is -0.677. The third-order valence-corrected chi connectivity index (χ3v) is 1.90. The van der Waals surface area contributed by atoms with Crippen molar-refractivity contribution in [3.63, 3.8) is 0 Å². The summed E-state index contributed by atoms with van der Waals surface area (Å²) in [6.45, 7) is 8.98. The number of ether oxygens (including phenoxy) is 1. The lowest BCUT2D eigenvalue weighted by Gasteiger charge is -2.24. The van der Waals surface area contributed by atoms with Crippen LogP contribution in [-0.4, -0.2) is 28.8 Å². The predicted molar refractivity (Wildman–Crippen MR) is 60.2 cm³/mol. The Hall–Kier alpha value is -1.26. The van der Waals surface area contributed by atoms with E-state index in [1.54, 1.807) is 20.8 Å². The molecule has 0 aliphatic rings. The quantitative estimate of drug-likeness (QED) is 0.776. The maximum Gasteiger partial charge on any atom is 0.407 e. The van der Waals surface area contributed by atoms with Gasteiger partial charge in [-0.15, -0.1) is 0 Å². The number of rotatable bonds is 4. The third-order valence-electron chi connectivity index (χ3n) is 1.90. The second-order valence-corrected chi connectivity index (χ2v) is 5.09. The average Bonchev–Trinajstić information content (AvgIpc) is 1.97. The van der Waals surface area contributed by atoms with Crippen LogP contribution >= 0.6 is 0 Å². The molecule has 5 heteroatoms. The smallest absolute Gasteiger partial charge is 0.407 e. The highest BCUT2D eigenvalue weighted by molar-refractivity contribution is 5.71. The van der Waals surface area contributed by atoms with Gasteiger partial charge in [0.25, 0.3) is 0 Å². The molecule has 0 bridgehead atoms. The van der Waals surface area contributed by atoms with E-state index in [0.717, 1.165) is 0 Å². The monoisotopic (exact) mass is 231 g/mol. The van der Waals surface area contributed by atoms with E-state index in [-0.39, 0.29) is 12.3 Å². The maximum atomic E-state index is 11.4. The lowest BCUT2D eigenvalue weighted by Crippen LogP contribution is -2.42. The van der Waals surface area contributed by atoms with Gasteiger partial charge in [-0.2, -0.15) is 0 Å². The fourth-order valence-electron chi connectivity index (χ4n) is 1.10. The molecule has 2 N–H and O–H groups in total. The molecule has 1 atom stereocenters. The van der Waals surface area contributed by atoms with E-state index in [4.69, 9.17) is 9.84 Å². The number of nitrogens with one attached hydrogen (secondary N) is 1. The second kappa shape index (κ2) is 5.72. The number of hydrogen-bond donors (Lipinski definition) is 2. The molecule has 0 fully saturated rings. The van der Waals surface area contributed by atoms with Gasteiger partial charge in [0.1, 0.15) is 5.60 Å². The highest BCUT2D eigenvalue weighted by Crippen LogP contribution is 2.10. The molecule has 0 aromatic carbocycles. The van der Waals surface area contributed by atoms with Gasteiger partial charge in [-0.3, -0.25) is 4.79 Å². The Labute approximate surface area is 96.2 Å². The fraction of sp³-hybridized carbons (Fsp3) is 0.818. The maximum absolute atomic E-state index is 11.4. The summed E-state index contributed by atoms with van der Waals surface area (Å²) in [4.78, 5) is 22.0. The summed E-state index contributed by atoms with van der Waals surface area (Å²) in [5.74, 6) is -0.890. The minimum Gasteiger partial charge on any atom is -0.481 e. The van der Waals surface area contributed by atoms with E-state index < -0.39 is 23.7 Å². The van der Waals surface area contributed by atoms with Crippen LogP contribution in [0.5, 0.6) is 0 Å². The van der Waals surface area contributed by atoms with E-state index in [0.29, 0.717) is 0 Å². The van der Waals surface area contributed by atoms with Crippen molar-refractivity contribution in [3.05, 3.63) is 0 Å². The zero-order valence-corrected chi connectivity index (χ0v) is 10.5. The Bertz CT molecular complexity index is 255. The molecule has 0 heterocycles. The van der Waals surface area contributed by atoms with Crippen molar-refractivity contribution < 1.29 is 19.4 Å². The van der Waals surface area contributed by atoms with Crippen molar-refractivity contribution in [2.75, 3.05) is 0 Å². The molecule has 16 heavy (non-hydrogen) atoms. The molecule has 0 saturated heterocycles. The first-order valence-corrected chi connectivity index (χ1v) is 5.33. The third kappa shape index (κ3) is 7.09. The molecule has 0 aromatic heterocycles. The number of amides is 1. The zero-order chi connectivity index (χ0) is 12.9. The topological polar surface area (TPSA) is 75.6 Å². The standard InChI is InChI=1S/C11H21NO4/c1-7(2)8(6-9(13)14)12-10(15)16-11(3,4)5/h7-8H,6H2,1-5H3,(H,12,15)(H,13,14). The van der Waals surface area contributed by atoms with Crippen LogP contribution in [0.3, 0.4) is 0 Å². The molecule has 0 aromatic rings. The predicted octanol–water partition coefficient (Wildman–Crippen LogP) is 2.01. The number of carboxylic acids is 1. The van der Waals surface area contributed by atoms with Crippen molar-refractivity contribution in [1.82, 2.24) is 5.32 Å². The first kappa shape index (κ1) is 14.7. The van der Waals surface area contributed by atoms with Gasteiger partial charge in [-0.05, 0) is 26.7 Å². The Balaban J connectivity index is 4.30. The Morgan fingerprint density at radius 1 is 1.31 bits per heavy atom. The first-order chi connectivity index (χ1) is 7.11. The number of hydrogen-bond acceptors (Lipinski definition) is 3. The van der Waals surface area contributed by atoms with E-state index in [1.165, 1.54) is 0 Å². The van der Waals surface area contributed by atoms with Crippen molar-refractivity contribution >= 4 is 12.1 Å². The summed E-state index contributed by atoms with van der Waals surface area (Å²) in [6, 6.07) is -0.410. The molecule has 0 spiro atoms. The van der Waals surface area contributed by atoms with Crippen LogP contribution in [0, 0.1) is 5.92 Å². The molecule has 0 aliphatic carbocycles. The van der Waals surface area contributed by atoms with Crippen molar-refractivity contribution in [1.29, 1.82) is 0 Å². The zero-order valence-electron chi connectivity index (χ0n) is 10.5. The fourth-order valence-corrected chi connectivity index (χ4v) is 1.10. The number of carbonyl (C=O) groups is 2. The van der Waals surface area contributed by atoms with Gasteiger partial charge in [0.15, 0.2) is 0 Å². The summed E-state index contributed by atoms with van der Waals surface area (Å²) >= 11 is 0. The van der Waals surface area contributed by atoms with Gasteiger partial charge in [-0.25, -0.2) is 4.79 Å². The van der Waals surface area contributed by atoms with Gasteiger partial charge in [0, 0.05) is 6.04 Å². The van der Waals surface area contributed by atoms with Crippen molar-refractivity contribution in [3.8, 4) is 0 Å². The van der Waals surface area contributed by atoms with Crippen LogP contribution < -0.4 is 5.32 Å². The molecular weight excluding hydrogens is 210 g/mol. The Morgan fingerprint density at radius 2 is 1.81 bits per heavy atom. The molecule has 0 radical (unpaired) electrons. The Morgan fingerprint density at radius 3 is 2.12 bits per heavy atom. The van der Waals surface area contributed by atoms with Crippen molar-refractivity contribution in [2.24, 2.45) is 5.92 Å².